The van der Waals surface area contributed by atoms with Gasteiger partial charge in [0.15, 0.2) is 0 Å². The minimum Gasteiger partial charge on any atom is -0.497 e. The Hall–Kier alpha value is -4.20. The summed E-state index contributed by atoms with van der Waals surface area (Å²) in [6.45, 7) is 3.18. The SMILES string of the molecule is COc1ccc(N2CCN(C(=O)c3ccc(Cn4nnc5ccccc5c4=O)cc3)CC2)cc1. The second-order valence-electron chi connectivity index (χ2n) is 8.24. The average Bonchev–Trinajstić information content (AvgIpc) is 2.90. The molecule has 0 saturated carbocycles. The maximum absolute atomic E-state index is 13.0. The summed E-state index contributed by atoms with van der Waals surface area (Å²) in [5.74, 6) is 0.849. The van der Waals surface area contributed by atoms with Crippen LogP contribution in [-0.2, 0) is 6.54 Å². The minimum absolute atomic E-state index is 0.0172. The predicted octanol–water partition coefficient (Wildman–Crippen LogP) is 2.81. The summed E-state index contributed by atoms with van der Waals surface area (Å²) in [5, 5.41) is 8.71. The number of rotatable bonds is 5. The molecule has 8 nitrogen and oxygen atoms in total. The highest BCUT2D eigenvalue weighted by molar-refractivity contribution is 5.94. The maximum atomic E-state index is 13.0. The summed E-state index contributed by atoms with van der Waals surface area (Å²) >= 11 is 0. The van der Waals surface area contributed by atoms with Gasteiger partial charge in [-0.3, -0.25) is 9.59 Å². The Labute approximate surface area is 197 Å². The van der Waals surface area contributed by atoms with Crippen LogP contribution in [0.4, 0.5) is 5.69 Å². The van der Waals surface area contributed by atoms with Gasteiger partial charge in [-0.25, -0.2) is 4.68 Å². The van der Waals surface area contributed by atoms with Crippen LogP contribution in [0, 0.1) is 0 Å². The second kappa shape index (κ2) is 9.35. The van der Waals surface area contributed by atoms with Gasteiger partial charge in [0.1, 0.15) is 11.3 Å². The number of carbonyl (C=O) groups excluding carboxylic acids is 1. The number of methoxy groups -OCH3 is 1. The Morgan fingerprint density at radius 1 is 0.912 bits per heavy atom. The van der Waals surface area contributed by atoms with Crippen molar-refractivity contribution in [3.05, 3.63) is 94.3 Å². The van der Waals surface area contributed by atoms with Crippen molar-refractivity contribution in [3.8, 4) is 5.75 Å². The van der Waals surface area contributed by atoms with Gasteiger partial charge in [-0.15, -0.1) is 5.10 Å². The van der Waals surface area contributed by atoms with Crippen molar-refractivity contribution >= 4 is 22.5 Å². The molecule has 1 amide bonds. The van der Waals surface area contributed by atoms with Crippen LogP contribution in [0.2, 0.25) is 0 Å². The number of aromatic nitrogens is 3. The number of ether oxygens (including phenoxy) is 1. The average molecular weight is 456 g/mol. The fraction of sp³-hybridized carbons (Fsp3) is 0.231. The van der Waals surface area contributed by atoms with Crippen LogP contribution in [0.3, 0.4) is 0 Å². The van der Waals surface area contributed by atoms with Crippen LogP contribution in [0.5, 0.6) is 5.75 Å². The van der Waals surface area contributed by atoms with Gasteiger partial charge in [-0.05, 0) is 54.1 Å². The summed E-state index contributed by atoms with van der Waals surface area (Å²) < 4.78 is 6.57. The molecule has 1 saturated heterocycles. The molecule has 0 spiro atoms. The molecule has 4 aromatic rings. The van der Waals surface area contributed by atoms with Gasteiger partial charge in [0.05, 0.1) is 19.0 Å². The van der Waals surface area contributed by atoms with Crippen LogP contribution in [0.25, 0.3) is 10.9 Å². The third-order valence-corrected chi connectivity index (χ3v) is 6.17. The highest BCUT2D eigenvalue weighted by Crippen LogP contribution is 2.21. The largest absolute Gasteiger partial charge is 0.497 e. The number of amides is 1. The van der Waals surface area contributed by atoms with Crippen molar-refractivity contribution in [1.82, 2.24) is 19.9 Å². The van der Waals surface area contributed by atoms with E-state index in [1.54, 1.807) is 19.2 Å². The van der Waals surface area contributed by atoms with E-state index in [1.807, 2.05) is 65.6 Å². The molecule has 0 atom stereocenters. The molecule has 1 aliphatic heterocycles. The quantitative estimate of drug-likeness (QED) is 0.460. The lowest BCUT2D eigenvalue weighted by Gasteiger charge is -2.36. The molecule has 0 radical (unpaired) electrons. The van der Waals surface area contributed by atoms with Crippen molar-refractivity contribution < 1.29 is 9.53 Å². The van der Waals surface area contributed by atoms with Gasteiger partial charge in [-0.1, -0.05) is 29.5 Å². The molecule has 0 aliphatic carbocycles. The van der Waals surface area contributed by atoms with E-state index >= 15 is 0 Å². The normalized spacial score (nSPS) is 13.8. The number of nitrogens with zero attached hydrogens (tertiary/aromatic N) is 5. The molecule has 1 fully saturated rings. The molecule has 3 aromatic carbocycles. The first-order valence-electron chi connectivity index (χ1n) is 11.2. The minimum atomic E-state index is -0.180. The molecule has 172 valence electrons. The molecule has 34 heavy (non-hydrogen) atoms. The number of anilines is 1. The zero-order valence-corrected chi connectivity index (χ0v) is 18.9. The fourth-order valence-corrected chi connectivity index (χ4v) is 4.20. The van der Waals surface area contributed by atoms with E-state index in [0.29, 0.717) is 36.1 Å². The molecule has 1 aromatic heterocycles. The standard InChI is InChI=1S/C26H25N5O3/c1-34-22-12-10-21(11-13-22)29-14-16-30(17-15-29)25(32)20-8-6-19(7-9-20)18-31-26(33)23-4-2-3-5-24(23)27-28-31/h2-13H,14-18H2,1H3. The summed E-state index contributed by atoms with van der Waals surface area (Å²) in [4.78, 5) is 29.8. The monoisotopic (exact) mass is 455 g/mol. The van der Waals surface area contributed by atoms with Crippen molar-refractivity contribution in [3.63, 3.8) is 0 Å². The van der Waals surface area contributed by atoms with E-state index in [-0.39, 0.29) is 11.5 Å². The molecule has 0 unspecified atom stereocenters. The van der Waals surface area contributed by atoms with E-state index in [2.05, 4.69) is 15.2 Å². The molecule has 5 rings (SSSR count). The lowest BCUT2D eigenvalue weighted by Crippen LogP contribution is -2.48. The Morgan fingerprint density at radius 3 is 2.32 bits per heavy atom. The van der Waals surface area contributed by atoms with Gasteiger partial charge in [0.25, 0.3) is 11.5 Å². The first-order chi connectivity index (χ1) is 16.6. The molecular formula is C26H25N5O3. The highest BCUT2D eigenvalue weighted by Gasteiger charge is 2.22. The molecule has 8 heteroatoms. The van der Waals surface area contributed by atoms with Crippen molar-refractivity contribution in [2.75, 3.05) is 38.2 Å². The summed E-state index contributed by atoms with van der Waals surface area (Å²) in [6.07, 6.45) is 0. The van der Waals surface area contributed by atoms with Crippen LogP contribution in [-0.4, -0.2) is 59.1 Å². The topological polar surface area (TPSA) is 80.6 Å². The van der Waals surface area contributed by atoms with E-state index in [9.17, 15) is 9.59 Å². The zero-order valence-electron chi connectivity index (χ0n) is 18.9. The Bertz CT molecular complexity index is 1360. The number of fused-ring (bicyclic) bond motifs is 1. The van der Waals surface area contributed by atoms with Crippen molar-refractivity contribution in [1.29, 1.82) is 0 Å². The Kier molecular flexibility index (Phi) is 5.95. The van der Waals surface area contributed by atoms with Gasteiger partial charge < -0.3 is 14.5 Å². The molecule has 0 bridgehead atoms. The first-order valence-corrected chi connectivity index (χ1v) is 11.2. The van der Waals surface area contributed by atoms with Crippen LogP contribution >= 0.6 is 0 Å². The maximum Gasteiger partial charge on any atom is 0.277 e. The molecule has 1 aliphatic rings. The number of hydrogen-bond acceptors (Lipinski definition) is 6. The Morgan fingerprint density at radius 2 is 1.62 bits per heavy atom. The first kappa shape index (κ1) is 21.6. The van der Waals surface area contributed by atoms with E-state index < -0.39 is 0 Å². The number of carbonyl (C=O) groups is 1. The smallest absolute Gasteiger partial charge is 0.277 e. The molecular weight excluding hydrogens is 430 g/mol. The Balaban J connectivity index is 1.22. The third-order valence-electron chi connectivity index (χ3n) is 6.17. The van der Waals surface area contributed by atoms with Crippen LogP contribution in [0.15, 0.2) is 77.6 Å². The number of piperazine rings is 1. The number of hydrogen-bond donors (Lipinski definition) is 0. The summed E-state index contributed by atoms with van der Waals surface area (Å²) in [7, 11) is 1.66. The fourth-order valence-electron chi connectivity index (χ4n) is 4.20. The van der Waals surface area contributed by atoms with Gasteiger partial charge in [-0.2, -0.15) is 0 Å². The van der Waals surface area contributed by atoms with Crippen LogP contribution in [0.1, 0.15) is 15.9 Å². The molecule has 0 N–H and O–H groups in total. The third kappa shape index (κ3) is 4.34. The lowest BCUT2D eigenvalue weighted by molar-refractivity contribution is 0.0747. The van der Waals surface area contributed by atoms with E-state index in [0.717, 1.165) is 30.1 Å². The van der Waals surface area contributed by atoms with Crippen molar-refractivity contribution in [2.45, 2.75) is 6.54 Å². The predicted molar refractivity (Wildman–Crippen MR) is 130 cm³/mol. The summed E-state index contributed by atoms with van der Waals surface area (Å²) in [6, 6.07) is 22.5. The zero-order chi connectivity index (χ0) is 23.5. The lowest BCUT2D eigenvalue weighted by atomic mass is 10.1. The van der Waals surface area contributed by atoms with E-state index in [1.165, 1.54) is 4.68 Å². The van der Waals surface area contributed by atoms with E-state index in [4.69, 9.17) is 4.74 Å². The van der Waals surface area contributed by atoms with Crippen molar-refractivity contribution in [2.24, 2.45) is 0 Å². The highest BCUT2D eigenvalue weighted by atomic mass is 16.5. The number of benzene rings is 3. The van der Waals surface area contributed by atoms with Gasteiger partial charge in [0, 0.05) is 37.4 Å². The van der Waals surface area contributed by atoms with Gasteiger partial charge in [0.2, 0.25) is 0 Å². The second-order valence-corrected chi connectivity index (χ2v) is 8.24. The van der Waals surface area contributed by atoms with Gasteiger partial charge >= 0.3 is 0 Å². The molecule has 2 heterocycles. The van der Waals surface area contributed by atoms with Crippen LogP contribution < -0.4 is 15.2 Å². The summed E-state index contributed by atoms with van der Waals surface area (Å²) in [5.41, 5.74) is 3.05.